The molecule has 0 aliphatic heterocycles. The summed E-state index contributed by atoms with van der Waals surface area (Å²) in [6.07, 6.45) is 4.16. The van der Waals surface area contributed by atoms with Gasteiger partial charge in [-0.1, -0.05) is 22.9 Å². The maximum atomic E-state index is 11.5. The Bertz CT molecular complexity index is 157. The van der Waals surface area contributed by atoms with Crippen molar-refractivity contribution < 1.29 is 4.79 Å². The lowest BCUT2D eigenvalue weighted by molar-refractivity contribution is -0.131. The van der Waals surface area contributed by atoms with E-state index >= 15 is 0 Å². The van der Waals surface area contributed by atoms with Crippen molar-refractivity contribution >= 4 is 21.8 Å². The minimum atomic E-state index is 0.316. The van der Waals surface area contributed by atoms with E-state index in [0.717, 1.165) is 18.3 Å². The van der Waals surface area contributed by atoms with Crippen LogP contribution in [0.4, 0.5) is 0 Å². The van der Waals surface area contributed by atoms with E-state index in [2.05, 4.69) is 22.9 Å². The molecule has 0 aromatic rings. The minimum absolute atomic E-state index is 0.316. The largest absolute Gasteiger partial charge is 0.340 e. The molecule has 0 atom stereocenters. The molecule has 1 amide bonds. The average Bonchev–Trinajstić information content (AvgIpc) is 2.83. The van der Waals surface area contributed by atoms with Crippen LogP contribution in [0, 0.1) is 0 Å². The highest BCUT2D eigenvalue weighted by atomic mass is 79.9. The fourth-order valence-corrected chi connectivity index (χ4v) is 1.70. The molecule has 3 heteroatoms. The van der Waals surface area contributed by atoms with E-state index in [1.54, 1.807) is 0 Å². The average molecular weight is 234 g/mol. The van der Waals surface area contributed by atoms with Gasteiger partial charge in [-0.2, -0.15) is 0 Å². The monoisotopic (exact) mass is 233 g/mol. The van der Waals surface area contributed by atoms with E-state index in [1.807, 2.05) is 4.90 Å². The number of alkyl halides is 1. The molecule has 0 bridgehead atoms. The van der Waals surface area contributed by atoms with Crippen LogP contribution in [-0.4, -0.2) is 28.7 Å². The molecule has 2 nitrogen and oxygen atoms in total. The first-order chi connectivity index (χ1) is 5.79. The molecule has 70 valence electrons. The Balaban J connectivity index is 2.34. The van der Waals surface area contributed by atoms with Crippen molar-refractivity contribution in [3.8, 4) is 0 Å². The minimum Gasteiger partial charge on any atom is -0.340 e. The van der Waals surface area contributed by atoms with Crippen molar-refractivity contribution in [3.63, 3.8) is 0 Å². The fraction of sp³-hybridized carbons (Fsp3) is 0.889. The zero-order valence-corrected chi connectivity index (χ0v) is 9.14. The Hall–Kier alpha value is -0.0500. The van der Waals surface area contributed by atoms with Crippen LogP contribution >= 0.6 is 15.9 Å². The van der Waals surface area contributed by atoms with Crippen LogP contribution in [0.5, 0.6) is 0 Å². The fourth-order valence-electron chi connectivity index (χ4n) is 1.36. The Morgan fingerprint density at radius 3 is 2.67 bits per heavy atom. The molecule has 0 saturated heterocycles. The molecule has 0 radical (unpaired) electrons. The van der Waals surface area contributed by atoms with Gasteiger partial charge in [-0.15, -0.1) is 0 Å². The first kappa shape index (κ1) is 10.0. The van der Waals surface area contributed by atoms with E-state index in [4.69, 9.17) is 0 Å². The molecule has 12 heavy (non-hydrogen) atoms. The number of carbonyl (C=O) groups is 1. The Morgan fingerprint density at radius 2 is 2.25 bits per heavy atom. The van der Waals surface area contributed by atoms with Gasteiger partial charge in [0, 0.05) is 24.3 Å². The molecule has 0 N–H and O–H groups in total. The smallest absolute Gasteiger partial charge is 0.223 e. The Morgan fingerprint density at radius 1 is 1.58 bits per heavy atom. The molecule has 1 aliphatic rings. The summed E-state index contributed by atoms with van der Waals surface area (Å²) in [6.45, 7) is 3.06. The van der Waals surface area contributed by atoms with Gasteiger partial charge in [0.05, 0.1) is 0 Å². The highest BCUT2D eigenvalue weighted by Gasteiger charge is 2.31. The molecule has 0 unspecified atom stereocenters. The second kappa shape index (κ2) is 4.85. The third-order valence-corrected chi connectivity index (χ3v) is 2.48. The van der Waals surface area contributed by atoms with Gasteiger partial charge in [0.2, 0.25) is 5.91 Å². The molecule has 1 aliphatic carbocycles. The zero-order chi connectivity index (χ0) is 8.97. The standard InChI is InChI=1S/C9H16BrNO/c1-2-7-11(8-3-4-8)9(12)5-6-10/h8H,2-7H2,1H3. The summed E-state index contributed by atoms with van der Waals surface area (Å²) in [6, 6.07) is 0.580. The summed E-state index contributed by atoms with van der Waals surface area (Å²) in [4.78, 5) is 13.6. The molecule has 0 spiro atoms. The van der Waals surface area contributed by atoms with E-state index in [1.165, 1.54) is 12.8 Å². The van der Waals surface area contributed by atoms with E-state index < -0.39 is 0 Å². The molecule has 0 heterocycles. The lowest BCUT2D eigenvalue weighted by Crippen LogP contribution is -2.33. The second-order valence-electron chi connectivity index (χ2n) is 3.26. The van der Waals surface area contributed by atoms with Crippen LogP contribution in [0.15, 0.2) is 0 Å². The van der Waals surface area contributed by atoms with E-state index in [9.17, 15) is 4.79 Å². The van der Waals surface area contributed by atoms with Crippen LogP contribution in [0.2, 0.25) is 0 Å². The summed E-state index contributed by atoms with van der Waals surface area (Å²) in [7, 11) is 0. The van der Waals surface area contributed by atoms with Gasteiger partial charge in [0.1, 0.15) is 0 Å². The number of amides is 1. The summed E-state index contributed by atoms with van der Waals surface area (Å²) < 4.78 is 0. The molecular formula is C9H16BrNO. The van der Waals surface area contributed by atoms with Crippen molar-refractivity contribution in [2.24, 2.45) is 0 Å². The van der Waals surface area contributed by atoms with Crippen LogP contribution in [0.25, 0.3) is 0 Å². The third kappa shape index (κ3) is 2.77. The van der Waals surface area contributed by atoms with Crippen LogP contribution in [0.1, 0.15) is 32.6 Å². The summed E-state index contributed by atoms with van der Waals surface area (Å²) in [5.74, 6) is 0.316. The molecular weight excluding hydrogens is 218 g/mol. The number of hydrogen-bond acceptors (Lipinski definition) is 1. The number of rotatable bonds is 5. The summed E-state index contributed by atoms with van der Waals surface area (Å²) >= 11 is 3.29. The first-order valence-electron chi connectivity index (χ1n) is 4.65. The number of halogens is 1. The molecule has 0 aromatic heterocycles. The normalized spacial score (nSPS) is 16.2. The predicted octanol–water partition coefficient (Wildman–Crippen LogP) is 2.17. The number of nitrogens with zero attached hydrogens (tertiary/aromatic N) is 1. The lowest BCUT2D eigenvalue weighted by atomic mass is 10.3. The van der Waals surface area contributed by atoms with Crippen molar-refractivity contribution in [2.45, 2.75) is 38.6 Å². The van der Waals surface area contributed by atoms with Crippen molar-refractivity contribution in [2.75, 3.05) is 11.9 Å². The highest BCUT2D eigenvalue weighted by molar-refractivity contribution is 9.09. The van der Waals surface area contributed by atoms with E-state index in [-0.39, 0.29) is 0 Å². The molecule has 1 fully saturated rings. The van der Waals surface area contributed by atoms with Gasteiger partial charge in [0.15, 0.2) is 0 Å². The van der Waals surface area contributed by atoms with Crippen LogP contribution in [0.3, 0.4) is 0 Å². The topological polar surface area (TPSA) is 20.3 Å². The van der Waals surface area contributed by atoms with Crippen LogP contribution < -0.4 is 0 Å². The second-order valence-corrected chi connectivity index (χ2v) is 4.05. The third-order valence-electron chi connectivity index (χ3n) is 2.08. The number of carbonyl (C=O) groups excluding carboxylic acids is 1. The van der Waals surface area contributed by atoms with Crippen LogP contribution in [-0.2, 0) is 4.79 Å². The van der Waals surface area contributed by atoms with Gasteiger partial charge in [-0.25, -0.2) is 0 Å². The lowest BCUT2D eigenvalue weighted by Gasteiger charge is -2.21. The van der Waals surface area contributed by atoms with Gasteiger partial charge < -0.3 is 4.90 Å². The van der Waals surface area contributed by atoms with Gasteiger partial charge in [-0.3, -0.25) is 4.79 Å². The molecule has 1 rings (SSSR count). The Labute approximate surface area is 82.4 Å². The quantitative estimate of drug-likeness (QED) is 0.667. The molecule has 0 aromatic carbocycles. The highest BCUT2D eigenvalue weighted by Crippen LogP contribution is 2.27. The summed E-state index contributed by atoms with van der Waals surface area (Å²) in [5, 5.41) is 0.790. The SMILES string of the molecule is CCCN(C(=O)CCBr)C1CC1. The molecule has 1 saturated carbocycles. The summed E-state index contributed by atoms with van der Waals surface area (Å²) in [5.41, 5.74) is 0. The maximum absolute atomic E-state index is 11.5. The predicted molar refractivity (Wildman–Crippen MR) is 53.4 cm³/mol. The van der Waals surface area contributed by atoms with Crippen molar-refractivity contribution in [3.05, 3.63) is 0 Å². The van der Waals surface area contributed by atoms with Gasteiger partial charge in [-0.05, 0) is 19.3 Å². The Kier molecular flexibility index (Phi) is 4.06. The van der Waals surface area contributed by atoms with Crippen molar-refractivity contribution in [1.29, 1.82) is 0 Å². The van der Waals surface area contributed by atoms with Gasteiger partial charge >= 0.3 is 0 Å². The first-order valence-corrected chi connectivity index (χ1v) is 5.77. The zero-order valence-electron chi connectivity index (χ0n) is 7.55. The van der Waals surface area contributed by atoms with Crippen molar-refractivity contribution in [1.82, 2.24) is 4.90 Å². The van der Waals surface area contributed by atoms with E-state index in [0.29, 0.717) is 18.4 Å². The maximum Gasteiger partial charge on any atom is 0.223 e. The number of hydrogen-bond donors (Lipinski definition) is 0. The van der Waals surface area contributed by atoms with Gasteiger partial charge in [0.25, 0.3) is 0 Å².